The fraction of sp³-hybridized carbons (Fsp3) is 0.368. The molecule has 0 saturated carbocycles. The summed E-state index contributed by atoms with van der Waals surface area (Å²) < 4.78 is 5.14. The third-order valence-corrected chi connectivity index (χ3v) is 4.04. The van der Waals surface area contributed by atoms with Gasteiger partial charge in [-0.25, -0.2) is 4.79 Å². The van der Waals surface area contributed by atoms with Gasteiger partial charge in [0.25, 0.3) is 5.91 Å². The van der Waals surface area contributed by atoms with Crippen LogP contribution in [-0.4, -0.2) is 54.9 Å². The smallest absolute Gasteiger partial charge is 0.340 e. The summed E-state index contributed by atoms with van der Waals surface area (Å²) in [5.41, 5.74) is 2.62. The molecular weight excluding hydrogens is 334 g/mol. The number of pyridine rings is 1. The first-order valence-corrected chi connectivity index (χ1v) is 8.37. The van der Waals surface area contributed by atoms with E-state index in [0.717, 1.165) is 16.5 Å². The average Bonchev–Trinajstić information content (AvgIpc) is 2.63. The maximum absolute atomic E-state index is 12.5. The number of nitrogens with zero attached hydrogens (tertiary/aromatic N) is 2. The van der Waals surface area contributed by atoms with E-state index in [9.17, 15) is 14.4 Å². The number of carbonyl (C=O) groups is 3. The Balaban J connectivity index is 2.11. The molecule has 0 aliphatic carbocycles. The summed E-state index contributed by atoms with van der Waals surface area (Å²) in [6, 6.07) is 7.57. The van der Waals surface area contributed by atoms with Gasteiger partial charge in [0.05, 0.1) is 23.3 Å². The minimum absolute atomic E-state index is 0.139. The van der Waals surface area contributed by atoms with Gasteiger partial charge in [0, 0.05) is 19.5 Å². The SMILES string of the molecule is CCc1nc2ccccc2c(C)c1C(=O)OCC(=O)NCC(=O)N(C)C. The van der Waals surface area contributed by atoms with E-state index in [1.807, 2.05) is 38.1 Å². The second-order valence-electron chi connectivity index (χ2n) is 6.07. The summed E-state index contributed by atoms with van der Waals surface area (Å²) in [5.74, 6) is -1.36. The fourth-order valence-electron chi connectivity index (χ4n) is 2.55. The summed E-state index contributed by atoms with van der Waals surface area (Å²) >= 11 is 0. The highest BCUT2D eigenvalue weighted by Crippen LogP contribution is 2.23. The molecule has 1 aromatic heterocycles. The number of hydrogen-bond acceptors (Lipinski definition) is 5. The predicted molar refractivity (Wildman–Crippen MR) is 97.8 cm³/mol. The number of ether oxygens (including phenoxy) is 1. The minimum atomic E-state index is -0.591. The number of aryl methyl sites for hydroxylation is 2. The van der Waals surface area contributed by atoms with Gasteiger partial charge < -0.3 is 15.0 Å². The van der Waals surface area contributed by atoms with Crippen LogP contribution < -0.4 is 5.32 Å². The first kappa shape index (κ1) is 19.4. The van der Waals surface area contributed by atoms with Crippen molar-refractivity contribution in [3.05, 3.63) is 41.1 Å². The number of likely N-dealkylation sites (N-methyl/N-ethyl adjacent to an activating group) is 1. The van der Waals surface area contributed by atoms with Crippen LogP contribution in [0.15, 0.2) is 24.3 Å². The largest absolute Gasteiger partial charge is 0.452 e. The summed E-state index contributed by atoms with van der Waals surface area (Å²) in [6.45, 7) is 3.16. The molecule has 0 bridgehead atoms. The summed E-state index contributed by atoms with van der Waals surface area (Å²) in [5, 5.41) is 3.29. The highest BCUT2D eigenvalue weighted by Gasteiger charge is 2.20. The van der Waals surface area contributed by atoms with Gasteiger partial charge in [-0.1, -0.05) is 25.1 Å². The number of fused-ring (bicyclic) bond motifs is 1. The number of rotatable bonds is 6. The molecule has 138 valence electrons. The van der Waals surface area contributed by atoms with Gasteiger partial charge in [-0.15, -0.1) is 0 Å². The lowest BCUT2D eigenvalue weighted by atomic mass is 10.0. The molecule has 0 unspecified atom stereocenters. The predicted octanol–water partition coefficient (Wildman–Crippen LogP) is 1.47. The molecule has 7 nitrogen and oxygen atoms in total. The first-order chi connectivity index (χ1) is 12.3. The van der Waals surface area contributed by atoms with Gasteiger partial charge in [0.1, 0.15) is 0 Å². The maximum atomic E-state index is 12.5. The van der Waals surface area contributed by atoms with E-state index in [0.29, 0.717) is 17.7 Å². The van der Waals surface area contributed by atoms with Crippen molar-refractivity contribution < 1.29 is 19.1 Å². The maximum Gasteiger partial charge on any atom is 0.340 e. The summed E-state index contributed by atoms with van der Waals surface area (Å²) in [6.07, 6.45) is 0.569. The molecule has 1 N–H and O–H groups in total. The number of esters is 1. The van der Waals surface area contributed by atoms with Gasteiger partial charge in [-0.05, 0) is 25.0 Å². The topological polar surface area (TPSA) is 88.6 Å². The Morgan fingerprint density at radius 1 is 1.19 bits per heavy atom. The molecule has 26 heavy (non-hydrogen) atoms. The molecule has 0 aliphatic rings. The molecule has 0 atom stereocenters. The monoisotopic (exact) mass is 357 g/mol. The van der Waals surface area contributed by atoms with E-state index in [2.05, 4.69) is 10.3 Å². The molecule has 1 aromatic carbocycles. The highest BCUT2D eigenvalue weighted by molar-refractivity contribution is 5.99. The fourth-order valence-corrected chi connectivity index (χ4v) is 2.55. The van der Waals surface area contributed by atoms with Crippen molar-refractivity contribution in [2.75, 3.05) is 27.2 Å². The molecule has 1 heterocycles. The Kier molecular flexibility index (Phi) is 6.27. The van der Waals surface area contributed by atoms with Crippen LogP contribution >= 0.6 is 0 Å². The quantitative estimate of drug-likeness (QED) is 0.791. The van der Waals surface area contributed by atoms with Crippen molar-refractivity contribution >= 4 is 28.7 Å². The molecule has 0 spiro atoms. The normalized spacial score (nSPS) is 10.5. The van der Waals surface area contributed by atoms with E-state index in [-0.39, 0.29) is 12.5 Å². The molecule has 0 radical (unpaired) electrons. The van der Waals surface area contributed by atoms with Crippen molar-refractivity contribution in [1.29, 1.82) is 0 Å². The third-order valence-electron chi connectivity index (χ3n) is 4.04. The van der Waals surface area contributed by atoms with Crippen LogP contribution in [0.25, 0.3) is 10.9 Å². The molecule has 2 amide bonds. The van der Waals surface area contributed by atoms with Crippen LogP contribution in [0.4, 0.5) is 0 Å². The average molecular weight is 357 g/mol. The van der Waals surface area contributed by atoms with Crippen molar-refractivity contribution in [2.24, 2.45) is 0 Å². The lowest BCUT2D eigenvalue weighted by molar-refractivity contribution is -0.131. The van der Waals surface area contributed by atoms with E-state index >= 15 is 0 Å². The number of nitrogens with one attached hydrogen (secondary N) is 1. The lowest BCUT2D eigenvalue weighted by Gasteiger charge is -2.14. The zero-order valence-corrected chi connectivity index (χ0v) is 15.5. The zero-order chi connectivity index (χ0) is 19.3. The molecule has 0 saturated heterocycles. The summed E-state index contributed by atoms with van der Waals surface area (Å²) in [7, 11) is 3.19. The van der Waals surface area contributed by atoms with Gasteiger partial charge >= 0.3 is 5.97 Å². The number of benzene rings is 1. The van der Waals surface area contributed by atoms with Crippen LogP contribution in [0, 0.1) is 6.92 Å². The third kappa shape index (κ3) is 4.36. The lowest BCUT2D eigenvalue weighted by Crippen LogP contribution is -2.38. The highest BCUT2D eigenvalue weighted by atomic mass is 16.5. The Hall–Kier alpha value is -2.96. The van der Waals surface area contributed by atoms with Crippen molar-refractivity contribution in [3.8, 4) is 0 Å². The molecule has 7 heteroatoms. The number of carbonyl (C=O) groups excluding carboxylic acids is 3. The Morgan fingerprint density at radius 3 is 2.54 bits per heavy atom. The number of aromatic nitrogens is 1. The minimum Gasteiger partial charge on any atom is -0.452 e. The number of para-hydroxylation sites is 1. The molecule has 0 fully saturated rings. The van der Waals surface area contributed by atoms with E-state index < -0.39 is 18.5 Å². The van der Waals surface area contributed by atoms with Gasteiger partial charge in [0.15, 0.2) is 6.61 Å². The second kappa shape index (κ2) is 8.42. The second-order valence-corrected chi connectivity index (χ2v) is 6.07. The Morgan fingerprint density at radius 2 is 1.88 bits per heavy atom. The molecule has 2 rings (SSSR count). The molecular formula is C19H23N3O4. The van der Waals surface area contributed by atoms with Crippen LogP contribution in [-0.2, 0) is 20.7 Å². The number of amides is 2. The van der Waals surface area contributed by atoms with Gasteiger partial charge in [0.2, 0.25) is 5.91 Å². The Labute approximate surface area is 152 Å². The first-order valence-electron chi connectivity index (χ1n) is 8.37. The van der Waals surface area contributed by atoms with E-state index in [1.54, 1.807) is 14.1 Å². The Bertz CT molecular complexity index is 846. The standard InChI is InChI=1S/C19H23N3O4/c1-5-14-18(12(2)13-8-6-7-9-15(13)21-14)19(25)26-11-16(23)20-10-17(24)22(3)4/h6-9H,5,10-11H2,1-4H3,(H,20,23). The van der Waals surface area contributed by atoms with Crippen LogP contribution in [0.1, 0.15) is 28.5 Å². The van der Waals surface area contributed by atoms with Crippen LogP contribution in [0.2, 0.25) is 0 Å². The van der Waals surface area contributed by atoms with Crippen molar-refractivity contribution in [1.82, 2.24) is 15.2 Å². The number of hydrogen-bond donors (Lipinski definition) is 1. The van der Waals surface area contributed by atoms with Gasteiger partial charge in [-0.2, -0.15) is 0 Å². The summed E-state index contributed by atoms with van der Waals surface area (Å²) in [4.78, 5) is 41.7. The van der Waals surface area contributed by atoms with E-state index in [1.165, 1.54) is 4.90 Å². The molecule has 0 aliphatic heterocycles. The van der Waals surface area contributed by atoms with Crippen LogP contribution in [0.3, 0.4) is 0 Å². The zero-order valence-electron chi connectivity index (χ0n) is 15.5. The van der Waals surface area contributed by atoms with Crippen molar-refractivity contribution in [2.45, 2.75) is 20.3 Å². The molecule has 2 aromatic rings. The van der Waals surface area contributed by atoms with Gasteiger partial charge in [-0.3, -0.25) is 14.6 Å². The van der Waals surface area contributed by atoms with Crippen LogP contribution in [0.5, 0.6) is 0 Å². The van der Waals surface area contributed by atoms with Crippen molar-refractivity contribution in [3.63, 3.8) is 0 Å². The van der Waals surface area contributed by atoms with E-state index in [4.69, 9.17) is 4.74 Å².